The normalized spacial score (nSPS) is 17.2. The Labute approximate surface area is 117 Å². The molecule has 1 aromatic rings. The summed E-state index contributed by atoms with van der Waals surface area (Å²) in [4.78, 5) is 13.4. The minimum Gasteiger partial charge on any atom is -0.327 e. The predicted octanol–water partition coefficient (Wildman–Crippen LogP) is 1.85. The second kappa shape index (κ2) is 6.90. The number of quaternary nitrogens is 1. The number of halogens is 1. The zero-order valence-electron chi connectivity index (χ0n) is 10.5. The zero-order chi connectivity index (χ0) is 12.8. The molecule has 1 aromatic carbocycles. The second-order valence-corrected chi connectivity index (χ2v) is 5.82. The number of benzene rings is 1. The molecule has 0 bridgehead atoms. The van der Waals surface area contributed by atoms with E-state index in [2.05, 4.69) is 21.2 Å². The van der Waals surface area contributed by atoms with E-state index >= 15 is 0 Å². The van der Waals surface area contributed by atoms with Gasteiger partial charge in [0.1, 0.15) is 0 Å². The van der Waals surface area contributed by atoms with Crippen molar-refractivity contribution < 1.29 is 9.69 Å². The lowest BCUT2D eigenvalue weighted by Gasteiger charge is -2.16. The van der Waals surface area contributed by atoms with Crippen molar-refractivity contribution in [3.63, 3.8) is 0 Å². The van der Waals surface area contributed by atoms with E-state index in [1.807, 2.05) is 24.3 Å². The van der Waals surface area contributed by atoms with Crippen molar-refractivity contribution >= 4 is 27.5 Å². The fourth-order valence-corrected chi connectivity index (χ4v) is 2.80. The third-order valence-electron chi connectivity index (χ3n) is 3.33. The maximum Gasteiger partial charge on any atom is 0.279 e. The average molecular weight is 312 g/mol. The number of carbonyl (C=O) groups excluding carboxylic acids is 1. The molecule has 0 aromatic heterocycles. The number of amides is 1. The van der Waals surface area contributed by atoms with Crippen LogP contribution in [0.4, 0.5) is 5.69 Å². The molecule has 18 heavy (non-hydrogen) atoms. The van der Waals surface area contributed by atoms with Crippen molar-refractivity contribution in [2.45, 2.75) is 25.7 Å². The highest BCUT2D eigenvalue weighted by Gasteiger charge is 2.16. The lowest BCUT2D eigenvalue weighted by molar-refractivity contribution is -0.890. The molecular formula is C14H20BrN2O+. The topological polar surface area (TPSA) is 33.5 Å². The monoisotopic (exact) mass is 311 g/mol. The molecule has 1 heterocycles. The van der Waals surface area contributed by atoms with Gasteiger partial charge in [0.25, 0.3) is 5.91 Å². The molecule has 0 radical (unpaired) electrons. The molecule has 0 saturated carbocycles. The van der Waals surface area contributed by atoms with Crippen LogP contribution in [0, 0.1) is 0 Å². The second-order valence-electron chi connectivity index (χ2n) is 4.90. The van der Waals surface area contributed by atoms with Crippen LogP contribution in [0.25, 0.3) is 0 Å². The Hall–Kier alpha value is -0.870. The van der Waals surface area contributed by atoms with Crippen LogP contribution in [0.15, 0.2) is 28.7 Å². The van der Waals surface area contributed by atoms with Crippen molar-refractivity contribution in [3.8, 4) is 0 Å². The molecule has 0 aliphatic carbocycles. The first-order chi connectivity index (χ1) is 8.74. The maximum atomic E-state index is 12.0. The van der Waals surface area contributed by atoms with Crippen LogP contribution in [-0.4, -0.2) is 25.5 Å². The van der Waals surface area contributed by atoms with Crippen LogP contribution >= 0.6 is 15.9 Å². The number of hydrogen-bond donors (Lipinski definition) is 2. The molecule has 0 spiro atoms. The summed E-state index contributed by atoms with van der Waals surface area (Å²) in [5, 5.41) is 2.96. The summed E-state index contributed by atoms with van der Waals surface area (Å²) in [6.07, 6.45) is 5.13. The standard InChI is InChI=1S/C14H19BrN2O/c15-12-6-5-7-13(10-12)16-14(18)11-17-8-3-1-2-4-9-17/h5-7,10H,1-4,8-9,11H2,(H,16,18)/p+1. The number of likely N-dealkylation sites (tertiary alicyclic amines) is 1. The highest BCUT2D eigenvalue weighted by atomic mass is 79.9. The first-order valence-electron chi connectivity index (χ1n) is 6.63. The van der Waals surface area contributed by atoms with Gasteiger partial charge in [0.15, 0.2) is 6.54 Å². The molecule has 1 saturated heterocycles. The van der Waals surface area contributed by atoms with Gasteiger partial charge in [-0.2, -0.15) is 0 Å². The molecule has 2 rings (SSSR count). The molecule has 4 heteroatoms. The first kappa shape index (κ1) is 13.6. The molecule has 0 atom stereocenters. The minimum atomic E-state index is 0.116. The largest absolute Gasteiger partial charge is 0.327 e. The van der Waals surface area contributed by atoms with E-state index in [4.69, 9.17) is 0 Å². The van der Waals surface area contributed by atoms with E-state index in [0.29, 0.717) is 6.54 Å². The Balaban J connectivity index is 1.84. The Morgan fingerprint density at radius 3 is 2.61 bits per heavy atom. The molecule has 1 aliphatic rings. The van der Waals surface area contributed by atoms with E-state index < -0.39 is 0 Å². The van der Waals surface area contributed by atoms with Gasteiger partial charge in [-0.05, 0) is 43.9 Å². The molecule has 1 aliphatic heterocycles. The summed E-state index contributed by atoms with van der Waals surface area (Å²) in [5.41, 5.74) is 0.864. The van der Waals surface area contributed by atoms with E-state index in [9.17, 15) is 4.79 Å². The van der Waals surface area contributed by atoms with Gasteiger partial charge in [0, 0.05) is 10.2 Å². The van der Waals surface area contributed by atoms with Crippen molar-refractivity contribution in [1.29, 1.82) is 0 Å². The Bertz CT molecular complexity index is 401. The highest BCUT2D eigenvalue weighted by molar-refractivity contribution is 9.10. The third kappa shape index (κ3) is 4.42. The smallest absolute Gasteiger partial charge is 0.279 e. The quantitative estimate of drug-likeness (QED) is 0.877. The Kier molecular flexibility index (Phi) is 5.20. The summed E-state index contributed by atoms with van der Waals surface area (Å²) in [5.74, 6) is 0.116. The fraction of sp³-hybridized carbons (Fsp3) is 0.500. The summed E-state index contributed by atoms with van der Waals surface area (Å²) < 4.78 is 0.988. The summed E-state index contributed by atoms with van der Waals surface area (Å²) >= 11 is 3.40. The van der Waals surface area contributed by atoms with E-state index in [-0.39, 0.29) is 5.91 Å². The SMILES string of the molecule is O=C(C[NH+]1CCCCCC1)Nc1cccc(Br)c1. The van der Waals surface area contributed by atoms with Crippen LogP contribution in [0.3, 0.4) is 0 Å². The predicted molar refractivity (Wildman–Crippen MR) is 76.8 cm³/mol. The van der Waals surface area contributed by atoms with Gasteiger partial charge < -0.3 is 10.2 Å². The van der Waals surface area contributed by atoms with Gasteiger partial charge in [-0.3, -0.25) is 4.79 Å². The third-order valence-corrected chi connectivity index (χ3v) is 3.82. The van der Waals surface area contributed by atoms with Gasteiger partial charge in [-0.15, -0.1) is 0 Å². The van der Waals surface area contributed by atoms with Crippen molar-refractivity contribution in [3.05, 3.63) is 28.7 Å². The minimum absolute atomic E-state index is 0.116. The Morgan fingerprint density at radius 2 is 1.94 bits per heavy atom. The van der Waals surface area contributed by atoms with Gasteiger partial charge >= 0.3 is 0 Å². The molecule has 1 fully saturated rings. The van der Waals surface area contributed by atoms with E-state index in [1.165, 1.54) is 30.6 Å². The molecule has 98 valence electrons. The number of rotatable bonds is 3. The van der Waals surface area contributed by atoms with Crippen molar-refractivity contribution in [2.24, 2.45) is 0 Å². The number of anilines is 1. The van der Waals surface area contributed by atoms with E-state index in [1.54, 1.807) is 0 Å². The number of hydrogen-bond acceptors (Lipinski definition) is 1. The number of nitrogens with one attached hydrogen (secondary N) is 2. The van der Waals surface area contributed by atoms with Crippen LogP contribution < -0.4 is 10.2 Å². The van der Waals surface area contributed by atoms with E-state index in [0.717, 1.165) is 23.2 Å². The highest BCUT2D eigenvalue weighted by Crippen LogP contribution is 2.15. The molecule has 1 amide bonds. The maximum absolute atomic E-state index is 12.0. The van der Waals surface area contributed by atoms with Crippen LogP contribution in [0.5, 0.6) is 0 Å². The van der Waals surface area contributed by atoms with Crippen molar-refractivity contribution in [1.82, 2.24) is 0 Å². The summed E-state index contributed by atoms with van der Waals surface area (Å²) in [6.45, 7) is 2.85. The average Bonchev–Trinajstić information content (AvgIpc) is 2.57. The summed E-state index contributed by atoms with van der Waals surface area (Å²) in [7, 11) is 0. The molecule has 0 unspecified atom stereocenters. The molecular weight excluding hydrogens is 292 g/mol. The van der Waals surface area contributed by atoms with Gasteiger partial charge in [0.05, 0.1) is 13.1 Å². The van der Waals surface area contributed by atoms with Crippen LogP contribution in [0.2, 0.25) is 0 Å². The van der Waals surface area contributed by atoms with Crippen molar-refractivity contribution in [2.75, 3.05) is 25.0 Å². The number of carbonyl (C=O) groups is 1. The lowest BCUT2D eigenvalue weighted by atomic mass is 10.2. The Morgan fingerprint density at radius 1 is 1.22 bits per heavy atom. The molecule has 2 N–H and O–H groups in total. The lowest BCUT2D eigenvalue weighted by Crippen LogP contribution is -3.12. The van der Waals surface area contributed by atoms with Crippen LogP contribution in [-0.2, 0) is 4.79 Å². The first-order valence-corrected chi connectivity index (χ1v) is 7.42. The fourth-order valence-electron chi connectivity index (χ4n) is 2.40. The van der Waals surface area contributed by atoms with Crippen LogP contribution in [0.1, 0.15) is 25.7 Å². The van der Waals surface area contributed by atoms with Gasteiger partial charge in [-0.1, -0.05) is 22.0 Å². The van der Waals surface area contributed by atoms with Gasteiger partial charge in [-0.25, -0.2) is 0 Å². The summed E-state index contributed by atoms with van der Waals surface area (Å²) in [6, 6.07) is 7.73. The zero-order valence-corrected chi connectivity index (χ0v) is 12.1. The van der Waals surface area contributed by atoms with Gasteiger partial charge in [0.2, 0.25) is 0 Å². The molecule has 3 nitrogen and oxygen atoms in total.